The van der Waals surface area contributed by atoms with Crippen LogP contribution in [0.2, 0.25) is 0 Å². The molecule has 19 heavy (non-hydrogen) atoms. The van der Waals surface area contributed by atoms with Crippen molar-refractivity contribution in [3.8, 4) is 0 Å². The van der Waals surface area contributed by atoms with Crippen LogP contribution >= 0.6 is 0 Å². The number of fused-ring (bicyclic) bond motifs is 1. The highest BCUT2D eigenvalue weighted by molar-refractivity contribution is 5.60. The minimum atomic E-state index is 0.196. The summed E-state index contributed by atoms with van der Waals surface area (Å²) in [7, 11) is 0. The normalized spacial score (nSPS) is 19.3. The monoisotopic (exact) mass is 252 g/mol. The van der Waals surface area contributed by atoms with Gasteiger partial charge in [-0.15, -0.1) is 0 Å². The molecule has 98 valence electrons. The van der Waals surface area contributed by atoms with Gasteiger partial charge < -0.3 is 10.6 Å². The Hall–Kier alpha value is -1.80. The molecule has 0 saturated carbocycles. The molecule has 2 unspecified atom stereocenters. The Labute approximate surface area is 114 Å². The second-order valence-corrected chi connectivity index (χ2v) is 5.39. The van der Waals surface area contributed by atoms with Crippen molar-refractivity contribution in [2.24, 2.45) is 5.73 Å². The van der Waals surface area contributed by atoms with Crippen LogP contribution in [0.5, 0.6) is 0 Å². The smallest absolute Gasteiger partial charge is 0.0429 e. The van der Waals surface area contributed by atoms with Crippen LogP contribution in [0, 0.1) is 0 Å². The van der Waals surface area contributed by atoms with Gasteiger partial charge in [-0.1, -0.05) is 48.5 Å². The van der Waals surface area contributed by atoms with Gasteiger partial charge in [0.25, 0.3) is 0 Å². The van der Waals surface area contributed by atoms with E-state index in [1.54, 1.807) is 0 Å². The van der Waals surface area contributed by atoms with E-state index in [2.05, 4.69) is 66.4 Å². The van der Waals surface area contributed by atoms with Crippen molar-refractivity contribution < 1.29 is 0 Å². The summed E-state index contributed by atoms with van der Waals surface area (Å²) in [4.78, 5) is 2.44. The third-order valence-electron chi connectivity index (χ3n) is 3.94. The van der Waals surface area contributed by atoms with Crippen molar-refractivity contribution in [2.75, 3.05) is 11.4 Å². The lowest BCUT2D eigenvalue weighted by Crippen LogP contribution is -2.29. The van der Waals surface area contributed by atoms with Gasteiger partial charge in [-0.3, -0.25) is 0 Å². The Bertz CT molecular complexity index is 548. The Morgan fingerprint density at radius 1 is 1.11 bits per heavy atom. The number of benzene rings is 2. The molecule has 0 fully saturated rings. The third kappa shape index (κ3) is 2.36. The number of nitrogens with two attached hydrogens (primary N) is 1. The molecule has 2 atom stereocenters. The predicted octanol–water partition coefficient (Wildman–Crippen LogP) is 3.14. The number of para-hydroxylation sites is 1. The lowest BCUT2D eigenvalue weighted by Gasteiger charge is -2.21. The van der Waals surface area contributed by atoms with Crippen LogP contribution in [0.25, 0.3) is 0 Å². The van der Waals surface area contributed by atoms with Crippen LogP contribution < -0.4 is 10.6 Å². The lowest BCUT2D eigenvalue weighted by molar-refractivity contribution is 0.583. The molecular weight excluding hydrogens is 232 g/mol. The Kier molecular flexibility index (Phi) is 3.26. The quantitative estimate of drug-likeness (QED) is 0.909. The van der Waals surface area contributed by atoms with Crippen molar-refractivity contribution in [3.63, 3.8) is 0 Å². The molecule has 0 saturated heterocycles. The maximum atomic E-state index is 6.14. The van der Waals surface area contributed by atoms with Gasteiger partial charge in [-0.05, 0) is 24.1 Å². The zero-order chi connectivity index (χ0) is 13.2. The highest BCUT2D eigenvalue weighted by atomic mass is 15.2. The molecule has 2 aromatic carbocycles. The number of hydrogen-bond donors (Lipinski definition) is 1. The van der Waals surface area contributed by atoms with E-state index in [0.29, 0.717) is 5.92 Å². The van der Waals surface area contributed by atoms with Crippen molar-refractivity contribution in [1.82, 2.24) is 0 Å². The molecule has 0 aromatic heterocycles. The lowest BCUT2D eigenvalue weighted by atomic mass is 9.95. The van der Waals surface area contributed by atoms with E-state index >= 15 is 0 Å². The maximum absolute atomic E-state index is 6.14. The summed E-state index contributed by atoms with van der Waals surface area (Å²) >= 11 is 0. The zero-order valence-corrected chi connectivity index (χ0v) is 11.3. The second-order valence-electron chi connectivity index (χ2n) is 5.39. The van der Waals surface area contributed by atoms with E-state index < -0.39 is 0 Å². The average molecular weight is 252 g/mol. The number of rotatable bonds is 3. The number of hydrogen-bond acceptors (Lipinski definition) is 2. The molecule has 1 aliphatic heterocycles. The standard InChI is InChI=1S/C17H20N2/c1-13(18)16-12-19(11-14-7-3-2-4-8-14)17-10-6-5-9-15(16)17/h2-10,13,16H,11-12,18H2,1H3. The first kappa shape index (κ1) is 12.2. The zero-order valence-electron chi connectivity index (χ0n) is 11.3. The molecule has 1 heterocycles. The molecule has 0 spiro atoms. The minimum Gasteiger partial charge on any atom is -0.366 e. The van der Waals surface area contributed by atoms with Gasteiger partial charge in [0.2, 0.25) is 0 Å². The molecule has 2 heteroatoms. The van der Waals surface area contributed by atoms with Crippen molar-refractivity contribution >= 4 is 5.69 Å². The van der Waals surface area contributed by atoms with Crippen molar-refractivity contribution in [3.05, 3.63) is 65.7 Å². The summed E-state index contributed by atoms with van der Waals surface area (Å²) in [5.74, 6) is 0.444. The largest absolute Gasteiger partial charge is 0.366 e. The SMILES string of the molecule is CC(N)C1CN(Cc2ccccc2)c2ccccc21. The second kappa shape index (κ2) is 5.06. The molecule has 0 radical (unpaired) electrons. The van der Waals surface area contributed by atoms with Crippen molar-refractivity contribution in [1.29, 1.82) is 0 Å². The summed E-state index contributed by atoms with van der Waals surface area (Å²) in [5.41, 5.74) is 10.2. The molecule has 0 amide bonds. The predicted molar refractivity (Wildman–Crippen MR) is 80.3 cm³/mol. The van der Waals surface area contributed by atoms with Gasteiger partial charge >= 0.3 is 0 Å². The minimum absolute atomic E-state index is 0.196. The first-order chi connectivity index (χ1) is 9.25. The van der Waals surface area contributed by atoms with Gasteiger partial charge in [-0.2, -0.15) is 0 Å². The van der Waals surface area contributed by atoms with Crippen LogP contribution in [0.4, 0.5) is 5.69 Å². The summed E-state index contributed by atoms with van der Waals surface area (Å²) in [5, 5.41) is 0. The van der Waals surface area contributed by atoms with E-state index in [4.69, 9.17) is 5.73 Å². The number of nitrogens with zero attached hydrogens (tertiary/aromatic N) is 1. The highest BCUT2D eigenvalue weighted by Gasteiger charge is 2.30. The van der Waals surface area contributed by atoms with Gasteiger partial charge in [0.05, 0.1) is 0 Å². The molecular formula is C17H20N2. The van der Waals surface area contributed by atoms with E-state index in [1.165, 1.54) is 16.8 Å². The molecule has 2 aromatic rings. The van der Waals surface area contributed by atoms with Crippen molar-refractivity contribution in [2.45, 2.75) is 25.4 Å². The Morgan fingerprint density at radius 3 is 2.53 bits per heavy atom. The topological polar surface area (TPSA) is 29.3 Å². The van der Waals surface area contributed by atoms with Gasteiger partial charge in [0.15, 0.2) is 0 Å². The van der Waals surface area contributed by atoms with Crippen LogP contribution in [-0.4, -0.2) is 12.6 Å². The first-order valence-corrected chi connectivity index (χ1v) is 6.89. The van der Waals surface area contributed by atoms with E-state index in [9.17, 15) is 0 Å². The maximum Gasteiger partial charge on any atom is 0.0429 e. The number of anilines is 1. The first-order valence-electron chi connectivity index (χ1n) is 6.89. The fourth-order valence-electron chi connectivity index (χ4n) is 2.93. The molecule has 3 rings (SSSR count). The summed E-state index contributed by atoms with van der Waals surface area (Å²) in [6, 6.07) is 19.5. The molecule has 2 nitrogen and oxygen atoms in total. The average Bonchev–Trinajstić information content (AvgIpc) is 2.79. The van der Waals surface area contributed by atoms with Crippen LogP contribution in [0.1, 0.15) is 24.0 Å². The fraction of sp³-hybridized carbons (Fsp3) is 0.294. The summed E-state index contributed by atoms with van der Waals surface area (Å²) in [6.07, 6.45) is 0. The van der Waals surface area contributed by atoms with Crippen LogP contribution in [-0.2, 0) is 6.54 Å². The van der Waals surface area contributed by atoms with Gasteiger partial charge in [0.1, 0.15) is 0 Å². The molecule has 2 N–H and O–H groups in total. The summed E-state index contributed by atoms with van der Waals surface area (Å²) in [6.45, 7) is 4.08. The Morgan fingerprint density at radius 2 is 1.79 bits per heavy atom. The van der Waals surface area contributed by atoms with Crippen LogP contribution in [0.3, 0.4) is 0 Å². The highest BCUT2D eigenvalue weighted by Crippen LogP contribution is 2.38. The van der Waals surface area contributed by atoms with Crippen LogP contribution in [0.15, 0.2) is 54.6 Å². The van der Waals surface area contributed by atoms with Gasteiger partial charge in [0, 0.05) is 30.7 Å². The molecule has 0 bridgehead atoms. The fourth-order valence-corrected chi connectivity index (χ4v) is 2.93. The third-order valence-corrected chi connectivity index (χ3v) is 3.94. The van der Waals surface area contributed by atoms with E-state index in [-0.39, 0.29) is 6.04 Å². The molecule has 1 aliphatic rings. The van der Waals surface area contributed by atoms with Gasteiger partial charge in [-0.25, -0.2) is 0 Å². The van der Waals surface area contributed by atoms with E-state index in [1.807, 2.05) is 0 Å². The Balaban J connectivity index is 1.88. The molecule has 0 aliphatic carbocycles. The summed E-state index contributed by atoms with van der Waals surface area (Å²) < 4.78 is 0. The van der Waals surface area contributed by atoms with E-state index in [0.717, 1.165) is 13.1 Å².